The van der Waals surface area contributed by atoms with Gasteiger partial charge < -0.3 is 4.90 Å². The molecule has 0 rings (SSSR count). The summed E-state index contributed by atoms with van der Waals surface area (Å²) >= 11 is 0. The maximum atomic E-state index is 10.1. The van der Waals surface area contributed by atoms with E-state index in [1.807, 2.05) is 0 Å². The molecule has 2 nitrogen and oxygen atoms in total. The summed E-state index contributed by atoms with van der Waals surface area (Å²) in [7, 11) is 3.45. The Morgan fingerprint density at radius 2 is 1.57 bits per heavy atom. The summed E-state index contributed by atoms with van der Waals surface area (Å²) in [6.45, 7) is 1.53. The number of carbonyl (C=O) groups excluding carboxylic acids is 1. The summed E-state index contributed by atoms with van der Waals surface area (Å²) in [5, 5.41) is 0. The van der Waals surface area contributed by atoms with Crippen LogP contribution >= 0.6 is 12.4 Å². The number of carbonyl (C=O) groups is 1. The summed E-state index contributed by atoms with van der Waals surface area (Å²) in [5.74, 6) is 0.0926. The quantitative estimate of drug-likeness (QED) is 0.460. The van der Waals surface area contributed by atoms with E-state index < -0.39 is 0 Å². The molecule has 1 amide bonds. The topological polar surface area (TPSA) is 20.3 Å². The lowest BCUT2D eigenvalue weighted by molar-refractivity contribution is -0.126. The highest BCUT2D eigenvalue weighted by Gasteiger charge is 1.87. The molecule has 0 heterocycles. The Labute approximate surface area is 49.9 Å². The van der Waals surface area contributed by atoms with Gasteiger partial charge in [0.25, 0.3) is 0 Å². The summed E-state index contributed by atoms with van der Waals surface area (Å²) in [6.07, 6.45) is 0. The van der Waals surface area contributed by atoms with Crippen molar-refractivity contribution in [3.05, 3.63) is 0 Å². The third-order valence-electron chi connectivity index (χ3n) is 0.630. The molecule has 0 atom stereocenters. The molecule has 0 saturated heterocycles. The minimum absolute atomic E-state index is 0. The summed E-state index contributed by atoms with van der Waals surface area (Å²) in [5.41, 5.74) is 0. The fraction of sp³-hybridized carbons (Fsp3) is 0.750. The van der Waals surface area contributed by atoms with Gasteiger partial charge in [-0.2, -0.15) is 0 Å². The van der Waals surface area contributed by atoms with Crippen LogP contribution in [-0.2, 0) is 4.79 Å². The lowest BCUT2D eigenvalue weighted by Gasteiger charge is -2.02. The molecule has 0 fully saturated rings. The SMILES string of the molecule is CC(=O)N(C)C.Cl. The third-order valence-corrected chi connectivity index (χ3v) is 0.630. The van der Waals surface area contributed by atoms with E-state index in [0.717, 1.165) is 0 Å². The standard InChI is InChI=1S/C4H9NO.ClH/c1-4(6)5(2)3;/h1-3H3;1H. The highest BCUT2D eigenvalue weighted by atomic mass is 35.5. The zero-order valence-corrected chi connectivity index (χ0v) is 5.58. The van der Waals surface area contributed by atoms with Gasteiger partial charge in [0.2, 0.25) is 5.91 Å². The van der Waals surface area contributed by atoms with Gasteiger partial charge in [0.1, 0.15) is 0 Å². The highest BCUT2D eigenvalue weighted by Crippen LogP contribution is 1.69. The van der Waals surface area contributed by atoms with E-state index in [-0.39, 0.29) is 18.3 Å². The van der Waals surface area contributed by atoms with Crippen LogP contribution in [0.5, 0.6) is 0 Å². The summed E-state index contributed by atoms with van der Waals surface area (Å²) < 4.78 is 0. The zero-order valence-electron chi connectivity index (χ0n) is 4.76. The molecule has 0 aromatic carbocycles. The maximum Gasteiger partial charge on any atom is 0.218 e. The van der Waals surface area contributed by atoms with E-state index in [1.54, 1.807) is 14.1 Å². The normalized spacial score (nSPS) is 6.71. The van der Waals surface area contributed by atoms with Gasteiger partial charge in [-0.05, 0) is 0 Å². The molecule has 0 N–H and O–H groups in total. The van der Waals surface area contributed by atoms with E-state index in [1.165, 1.54) is 11.8 Å². The molecule has 0 aliphatic carbocycles. The summed E-state index contributed by atoms with van der Waals surface area (Å²) in [6, 6.07) is 0. The van der Waals surface area contributed by atoms with Crippen LogP contribution in [0.3, 0.4) is 0 Å². The third kappa shape index (κ3) is 5.76. The smallest absolute Gasteiger partial charge is 0.218 e. The zero-order chi connectivity index (χ0) is 5.15. The van der Waals surface area contributed by atoms with Gasteiger partial charge in [-0.3, -0.25) is 4.79 Å². The van der Waals surface area contributed by atoms with Gasteiger partial charge in [0, 0.05) is 21.0 Å². The van der Waals surface area contributed by atoms with Crippen molar-refractivity contribution in [2.24, 2.45) is 0 Å². The van der Waals surface area contributed by atoms with Gasteiger partial charge in [0.05, 0.1) is 0 Å². The van der Waals surface area contributed by atoms with Crippen LogP contribution in [-0.4, -0.2) is 24.9 Å². The average molecular weight is 124 g/mol. The Hall–Kier alpha value is -0.240. The number of halogens is 1. The van der Waals surface area contributed by atoms with E-state index in [4.69, 9.17) is 0 Å². The molecular weight excluding hydrogens is 114 g/mol. The molecule has 0 aliphatic rings. The van der Waals surface area contributed by atoms with E-state index in [9.17, 15) is 4.79 Å². The van der Waals surface area contributed by atoms with Crippen LogP contribution in [0.15, 0.2) is 0 Å². The van der Waals surface area contributed by atoms with Crippen LogP contribution in [0, 0.1) is 0 Å². The minimum atomic E-state index is 0. The van der Waals surface area contributed by atoms with Crippen LogP contribution in [0.25, 0.3) is 0 Å². The first-order valence-electron chi connectivity index (χ1n) is 1.82. The molecule has 0 aromatic rings. The van der Waals surface area contributed by atoms with Crippen molar-refractivity contribution in [3.63, 3.8) is 0 Å². The van der Waals surface area contributed by atoms with Crippen LogP contribution in [0.4, 0.5) is 0 Å². The van der Waals surface area contributed by atoms with Crippen molar-refractivity contribution >= 4 is 18.3 Å². The second kappa shape index (κ2) is 3.93. The summed E-state index contributed by atoms with van der Waals surface area (Å²) in [4.78, 5) is 11.6. The molecule has 0 radical (unpaired) electrons. The molecule has 44 valence electrons. The van der Waals surface area contributed by atoms with Crippen molar-refractivity contribution in [3.8, 4) is 0 Å². The van der Waals surface area contributed by atoms with Crippen LogP contribution in [0.2, 0.25) is 0 Å². The first kappa shape index (κ1) is 9.90. The maximum absolute atomic E-state index is 10.1. The van der Waals surface area contributed by atoms with Gasteiger partial charge in [0.15, 0.2) is 0 Å². The number of hydrogen-bond donors (Lipinski definition) is 0. The monoisotopic (exact) mass is 123 g/mol. The highest BCUT2D eigenvalue weighted by molar-refractivity contribution is 5.85. The largest absolute Gasteiger partial charge is 0.349 e. The molecule has 0 saturated carbocycles. The lowest BCUT2D eigenvalue weighted by Crippen LogP contribution is -2.17. The molecule has 0 unspecified atom stereocenters. The van der Waals surface area contributed by atoms with Crippen molar-refractivity contribution in [2.75, 3.05) is 14.1 Å². The van der Waals surface area contributed by atoms with Crippen molar-refractivity contribution in [1.29, 1.82) is 0 Å². The predicted molar refractivity (Wildman–Crippen MR) is 31.6 cm³/mol. The Bertz CT molecular complexity index is 62.7. The predicted octanol–water partition coefficient (Wildman–Crippen LogP) is 0.516. The van der Waals surface area contributed by atoms with Crippen LogP contribution in [0.1, 0.15) is 6.92 Å². The number of hydrogen-bond acceptors (Lipinski definition) is 1. The number of nitrogens with zero attached hydrogens (tertiary/aromatic N) is 1. The fourth-order valence-electron chi connectivity index (χ4n) is 0. The molecule has 0 aromatic heterocycles. The average Bonchev–Trinajstić information content (AvgIpc) is 1.36. The molecule has 0 aliphatic heterocycles. The Balaban J connectivity index is 0. The van der Waals surface area contributed by atoms with Gasteiger partial charge in [-0.1, -0.05) is 0 Å². The van der Waals surface area contributed by atoms with Gasteiger partial charge >= 0.3 is 0 Å². The molecule has 7 heavy (non-hydrogen) atoms. The lowest BCUT2D eigenvalue weighted by atomic mass is 10.7. The molecule has 0 spiro atoms. The fourth-order valence-corrected chi connectivity index (χ4v) is 0. The van der Waals surface area contributed by atoms with Gasteiger partial charge in [-0.15, -0.1) is 12.4 Å². The second-order valence-electron chi connectivity index (χ2n) is 1.41. The van der Waals surface area contributed by atoms with E-state index >= 15 is 0 Å². The Kier molecular flexibility index (Phi) is 5.56. The van der Waals surface area contributed by atoms with Crippen molar-refractivity contribution in [1.82, 2.24) is 4.90 Å². The molecule has 3 heteroatoms. The number of rotatable bonds is 0. The van der Waals surface area contributed by atoms with Crippen molar-refractivity contribution < 1.29 is 4.79 Å². The molecular formula is C4H10ClNO. The Morgan fingerprint density at radius 3 is 1.57 bits per heavy atom. The van der Waals surface area contributed by atoms with E-state index in [2.05, 4.69) is 0 Å². The number of amides is 1. The minimum Gasteiger partial charge on any atom is -0.349 e. The first-order chi connectivity index (χ1) is 2.64. The van der Waals surface area contributed by atoms with Crippen LogP contribution < -0.4 is 0 Å². The second-order valence-corrected chi connectivity index (χ2v) is 1.41. The van der Waals surface area contributed by atoms with Gasteiger partial charge in [-0.25, -0.2) is 0 Å². The first-order valence-corrected chi connectivity index (χ1v) is 1.82. The van der Waals surface area contributed by atoms with Crippen molar-refractivity contribution in [2.45, 2.75) is 6.92 Å². The Morgan fingerprint density at radius 1 is 1.43 bits per heavy atom. The molecule has 0 bridgehead atoms. The van der Waals surface area contributed by atoms with E-state index in [0.29, 0.717) is 0 Å².